The number of carbonyl (C=O) groups is 2. The van der Waals surface area contributed by atoms with Gasteiger partial charge in [-0.05, 0) is 24.1 Å². The van der Waals surface area contributed by atoms with Gasteiger partial charge in [-0.25, -0.2) is 0 Å². The number of benzene rings is 1. The van der Waals surface area contributed by atoms with Crippen molar-refractivity contribution in [2.45, 2.75) is 20.4 Å². The maximum Gasteiger partial charge on any atom is 0.296 e. The molecule has 3 aromatic rings. The van der Waals surface area contributed by atoms with Gasteiger partial charge in [-0.15, -0.1) is 0 Å². The summed E-state index contributed by atoms with van der Waals surface area (Å²) in [4.78, 5) is 29.1. The number of nitrogens with one attached hydrogen (secondary N) is 1. The first-order chi connectivity index (χ1) is 12.8. The van der Waals surface area contributed by atoms with Crippen LogP contribution in [-0.2, 0) is 11.3 Å². The largest absolute Gasteiger partial charge is 0.508 e. The minimum Gasteiger partial charge on any atom is -0.508 e. The number of anilines is 1. The predicted molar refractivity (Wildman–Crippen MR) is 106 cm³/mol. The summed E-state index contributed by atoms with van der Waals surface area (Å²) in [6.45, 7) is 4.76. The fourth-order valence-electron chi connectivity index (χ4n) is 2.83. The van der Waals surface area contributed by atoms with Crippen molar-refractivity contribution in [1.82, 2.24) is 9.55 Å². The molecule has 0 aliphatic heterocycles. The Bertz CT molecular complexity index is 1020. The summed E-state index contributed by atoms with van der Waals surface area (Å²) >= 11 is 12.0. The first-order valence-corrected chi connectivity index (χ1v) is 9.00. The molecule has 0 unspecified atom stereocenters. The summed E-state index contributed by atoms with van der Waals surface area (Å²) in [6.07, 6.45) is 4.27. The Hall–Kier alpha value is -2.57. The van der Waals surface area contributed by atoms with Crippen molar-refractivity contribution in [3.05, 3.63) is 52.4 Å². The smallest absolute Gasteiger partial charge is 0.296 e. The Kier molecular flexibility index (Phi) is 5.39. The molecule has 0 fully saturated rings. The average molecular weight is 406 g/mol. The summed E-state index contributed by atoms with van der Waals surface area (Å²) in [5, 5.41) is 13.0. The molecule has 0 aliphatic rings. The van der Waals surface area contributed by atoms with E-state index in [0.717, 1.165) is 5.52 Å². The van der Waals surface area contributed by atoms with E-state index in [1.807, 2.05) is 18.4 Å². The van der Waals surface area contributed by atoms with Crippen molar-refractivity contribution in [3.8, 4) is 5.75 Å². The van der Waals surface area contributed by atoms with E-state index in [2.05, 4.69) is 10.3 Å². The summed E-state index contributed by atoms with van der Waals surface area (Å²) in [5.41, 5.74) is 1.08. The first kappa shape index (κ1) is 19.2. The molecule has 140 valence electrons. The third-order valence-electron chi connectivity index (χ3n) is 3.97. The van der Waals surface area contributed by atoms with Crippen molar-refractivity contribution < 1.29 is 14.7 Å². The Morgan fingerprint density at radius 2 is 1.89 bits per heavy atom. The summed E-state index contributed by atoms with van der Waals surface area (Å²) in [7, 11) is 0. The number of pyridine rings is 1. The van der Waals surface area contributed by atoms with Crippen LogP contribution in [0, 0.1) is 5.92 Å². The maximum atomic E-state index is 12.8. The van der Waals surface area contributed by atoms with Crippen molar-refractivity contribution in [2.75, 3.05) is 5.32 Å². The molecule has 27 heavy (non-hydrogen) atoms. The molecule has 0 bridgehead atoms. The maximum absolute atomic E-state index is 12.8. The number of rotatable bonds is 5. The van der Waals surface area contributed by atoms with Gasteiger partial charge in [-0.1, -0.05) is 37.0 Å². The van der Waals surface area contributed by atoms with Crippen LogP contribution in [0.4, 0.5) is 5.69 Å². The molecule has 0 radical (unpaired) electrons. The van der Waals surface area contributed by atoms with Crippen LogP contribution in [-0.4, -0.2) is 26.3 Å². The van der Waals surface area contributed by atoms with Gasteiger partial charge in [0.05, 0.1) is 21.3 Å². The van der Waals surface area contributed by atoms with Crippen molar-refractivity contribution in [2.24, 2.45) is 5.92 Å². The van der Waals surface area contributed by atoms with Crippen molar-refractivity contribution in [1.29, 1.82) is 0 Å². The van der Waals surface area contributed by atoms with Gasteiger partial charge in [0.2, 0.25) is 0 Å². The average Bonchev–Trinajstić information content (AvgIpc) is 2.94. The molecular weight excluding hydrogens is 389 g/mol. The number of Topliss-reactive ketones (excluding diaryl/α,β-unsaturated/α-hetero) is 1. The molecule has 0 saturated carbocycles. The van der Waals surface area contributed by atoms with Gasteiger partial charge in [-0.3, -0.25) is 14.6 Å². The number of ketones is 1. The lowest BCUT2D eigenvalue weighted by atomic mass is 10.1. The lowest BCUT2D eigenvalue weighted by Crippen LogP contribution is -2.23. The number of carbonyl (C=O) groups excluding carboxylic acids is 2. The number of hydrogen-bond donors (Lipinski definition) is 2. The minimum atomic E-state index is -0.878. The Morgan fingerprint density at radius 3 is 2.52 bits per heavy atom. The molecule has 0 aliphatic carbocycles. The highest BCUT2D eigenvalue weighted by Gasteiger charge is 2.23. The molecule has 2 aromatic heterocycles. The van der Waals surface area contributed by atoms with E-state index in [0.29, 0.717) is 17.8 Å². The van der Waals surface area contributed by atoms with Gasteiger partial charge in [0, 0.05) is 36.0 Å². The highest BCUT2D eigenvalue weighted by molar-refractivity contribution is 6.50. The number of hydrogen-bond acceptors (Lipinski definition) is 4. The highest BCUT2D eigenvalue weighted by atomic mass is 35.5. The van der Waals surface area contributed by atoms with Crippen LogP contribution in [0.25, 0.3) is 10.9 Å². The van der Waals surface area contributed by atoms with E-state index >= 15 is 0 Å². The molecular formula is C19H17Cl2N3O3. The van der Waals surface area contributed by atoms with Crippen molar-refractivity contribution in [3.63, 3.8) is 0 Å². The van der Waals surface area contributed by atoms with Crippen LogP contribution in [0.2, 0.25) is 10.0 Å². The highest BCUT2D eigenvalue weighted by Crippen LogP contribution is 2.30. The van der Waals surface area contributed by atoms with E-state index in [4.69, 9.17) is 23.2 Å². The molecule has 3 rings (SSSR count). The first-order valence-electron chi connectivity index (χ1n) is 8.24. The zero-order chi connectivity index (χ0) is 19.7. The third-order valence-corrected chi connectivity index (χ3v) is 4.54. The SMILES string of the molecule is CC(C)Cn1cc(C(=O)C(=O)Nc2c(Cl)cncc2Cl)c2cc(O)ccc21. The van der Waals surface area contributed by atoms with Gasteiger partial charge in [-0.2, -0.15) is 0 Å². The summed E-state index contributed by atoms with van der Waals surface area (Å²) < 4.78 is 1.90. The number of phenolic OH excluding ortho intramolecular Hbond substituents is 1. The van der Waals surface area contributed by atoms with Crippen LogP contribution in [0.3, 0.4) is 0 Å². The third kappa shape index (κ3) is 3.91. The van der Waals surface area contributed by atoms with Gasteiger partial charge >= 0.3 is 0 Å². The predicted octanol–water partition coefficient (Wildman–Crippen LogP) is 4.53. The molecule has 1 aromatic carbocycles. The quantitative estimate of drug-likeness (QED) is 0.482. The van der Waals surface area contributed by atoms with E-state index < -0.39 is 11.7 Å². The molecule has 8 heteroatoms. The summed E-state index contributed by atoms with van der Waals surface area (Å²) in [5.74, 6) is -1.28. The van der Waals surface area contributed by atoms with Crippen molar-refractivity contribution >= 4 is 51.5 Å². The number of phenols is 1. The van der Waals surface area contributed by atoms with Crippen LogP contribution in [0.15, 0.2) is 36.8 Å². The lowest BCUT2D eigenvalue weighted by molar-refractivity contribution is -0.112. The normalized spacial score (nSPS) is 11.1. The Balaban J connectivity index is 2.00. The monoisotopic (exact) mass is 405 g/mol. The van der Waals surface area contributed by atoms with Gasteiger partial charge in [0.1, 0.15) is 5.75 Å². The van der Waals surface area contributed by atoms with Crippen LogP contribution in [0.1, 0.15) is 24.2 Å². The Labute approximate surface area is 165 Å². The molecule has 1 amide bonds. The van der Waals surface area contributed by atoms with Gasteiger partial charge < -0.3 is 15.0 Å². The zero-order valence-corrected chi connectivity index (χ0v) is 16.2. The van der Waals surface area contributed by atoms with E-state index in [9.17, 15) is 14.7 Å². The molecule has 2 N–H and O–H groups in total. The van der Waals surface area contributed by atoms with Crippen LogP contribution in [0.5, 0.6) is 5.75 Å². The molecule has 2 heterocycles. The van der Waals surface area contributed by atoms with Crippen LogP contribution >= 0.6 is 23.2 Å². The number of halogens is 2. The lowest BCUT2D eigenvalue weighted by Gasteiger charge is -2.08. The second kappa shape index (κ2) is 7.58. The van der Waals surface area contributed by atoms with Crippen LogP contribution < -0.4 is 5.32 Å². The number of fused-ring (bicyclic) bond motifs is 1. The fraction of sp³-hybridized carbons (Fsp3) is 0.211. The van der Waals surface area contributed by atoms with Gasteiger partial charge in [0.25, 0.3) is 11.7 Å². The molecule has 0 atom stereocenters. The molecule has 0 spiro atoms. The summed E-state index contributed by atoms with van der Waals surface area (Å²) in [6, 6.07) is 4.74. The zero-order valence-electron chi connectivity index (χ0n) is 14.7. The number of amides is 1. The van der Waals surface area contributed by atoms with E-state index in [-0.39, 0.29) is 27.0 Å². The van der Waals surface area contributed by atoms with E-state index in [1.54, 1.807) is 18.3 Å². The topological polar surface area (TPSA) is 84.2 Å². The van der Waals surface area contributed by atoms with E-state index in [1.165, 1.54) is 18.5 Å². The number of nitrogens with zero attached hydrogens (tertiary/aromatic N) is 2. The molecule has 6 nitrogen and oxygen atoms in total. The van der Waals surface area contributed by atoms with Gasteiger partial charge in [0.15, 0.2) is 0 Å². The standard InChI is InChI=1S/C19H17Cl2N3O3/c1-10(2)8-24-9-13(12-5-11(25)3-4-16(12)24)18(26)19(27)23-17-14(20)6-22-7-15(17)21/h3-7,9-10,25H,8H2,1-2H3,(H,22,23,27). The molecule has 0 saturated heterocycles. The minimum absolute atomic E-state index is 0.0134. The Morgan fingerprint density at radius 1 is 1.22 bits per heavy atom. The number of aromatic hydroxyl groups is 1. The second-order valence-corrected chi connectivity index (χ2v) is 7.37. The fourth-order valence-corrected chi connectivity index (χ4v) is 3.29. The second-order valence-electron chi connectivity index (χ2n) is 6.55. The number of aromatic nitrogens is 2.